The number of hydrogen-bond acceptors (Lipinski definition) is 4. The summed E-state index contributed by atoms with van der Waals surface area (Å²) in [6.07, 6.45) is 1.72. The molecule has 2 heterocycles. The van der Waals surface area contributed by atoms with Crippen LogP contribution in [0.4, 0.5) is 0 Å². The maximum Gasteiger partial charge on any atom is 0.253 e. The molecule has 0 aromatic heterocycles. The van der Waals surface area contributed by atoms with Crippen LogP contribution in [0.1, 0.15) is 18.4 Å². The normalized spacial score (nSPS) is 22.0. The lowest BCUT2D eigenvalue weighted by molar-refractivity contribution is -0.151. The van der Waals surface area contributed by atoms with Crippen molar-refractivity contribution in [3.05, 3.63) is 35.9 Å². The van der Waals surface area contributed by atoms with Crippen LogP contribution in [0.25, 0.3) is 0 Å². The van der Waals surface area contributed by atoms with E-state index in [1.807, 2.05) is 11.0 Å². The first-order valence-electron chi connectivity index (χ1n) is 8.63. The van der Waals surface area contributed by atoms with Crippen LogP contribution in [0.3, 0.4) is 0 Å². The largest absolute Gasteiger partial charge is 0.366 e. The zero-order valence-corrected chi connectivity index (χ0v) is 16.1. The second-order valence-electron chi connectivity index (χ2n) is 6.58. The topological polar surface area (TPSA) is 58.8 Å². The highest BCUT2D eigenvalue weighted by molar-refractivity contribution is 5.85. The predicted octanol–water partition coefficient (Wildman–Crippen LogP) is 1.93. The van der Waals surface area contributed by atoms with E-state index in [9.17, 15) is 4.79 Å². The number of ether oxygens (including phenoxy) is 1. The van der Waals surface area contributed by atoms with Crippen LogP contribution in [-0.4, -0.2) is 61.1 Å². The number of benzene rings is 1. The van der Waals surface area contributed by atoms with Gasteiger partial charge in [-0.2, -0.15) is 0 Å². The number of carbonyl (C=O) groups excluding carboxylic acids is 1. The van der Waals surface area contributed by atoms with Crippen LogP contribution < -0.4 is 5.73 Å². The molecule has 1 atom stereocenters. The highest BCUT2D eigenvalue weighted by atomic mass is 35.5. The SMILES string of the molecule is Cl.Cl.NCC1CCN(C(=O)C2CN(Cc3ccccc3)CCO2)CC1. The third-order valence-corrected chi connectivity index (χ3v) is 4.93. The van der Waals surface area contributed by atoms with Gasteiger partial charge in [-0.15, -0.1) is 24.8 Å². The first-order chi connectivity index (χ1) is 11.3. The number of nitrogens with zero attached hydrogens (tertiary/aromatic N) is 2. The Balaban J connectivity index is 0.00000156. The smallest absolute Gasteiger partial charge is 0.253 e. The summed E-state index contributed by atoms with van der Waals surface area (Å²) in [5.41, 5.74) is 7.01. The van der Waals surface area contributed by atoms with Crippen molar-refractivity contribution in [2.75, 3.05) is 39.3 Å². The molecule has 2 aliphatic rings. The van der Waals surface area contributed by atoms with Crippen molar-refractivity contribution in [1.82, 2.24) is 9.80 Å². The summed E-state index contributed by atoms with van der Waals surface area (Å²) in [5, 5.41) is 0. The minimum Gasteiger partial charge on any atom is -0.366 e. The van der Waals surface area contributed by atoms with Crippen molar-refractivity contribution in [3.8, 4) is 0 Å². The molecule has 1 aromatic carbocycles. The Morgan fingerprint density at radius 2 is 1.80 bits per heavy atom. The third-order valence-electron chi connectivity index (χ3n) is 4.93. The van der Waals surface area contributed by atoms with E-state index >= 15 is 0 Å². The Morgan fingerprint density at radius 1 is 1.12 bits per heavy atom. The zero-order valence-electron chi connectivity index (χ0n) is 14.5. The van der Waals surface area contributed by atoms with Gasteiger partial charge in [-0.25, -0.2) is 0 Å². The second-order valence-corrected chi connectivity index (χ2v) is 6.58. The second kappa shape index (κ2) is 11.0. The molecule has 2 saturated heterocycles. The summed E-state index contributed by atoms with van der Waals surface area (Å²) in [6.45, 7) is 5.44. The molecule has 0 spiro atoms. The van der Waals surface area contributed by atoms with Gasteiger partial charge < -0.3 is 15.4 Å². The molecule has 1 amide bonds. The lowest BCUT2D eigenvalue weighted by atomic mass is 9.97. The maximum absolute atomic E-state index is 12.7. The predicted molar refractivity (Wildman–Crippen MR) is 104 cm³/mol. The van der Waals surface area contributed by atoms with Crippen molar-refractivity contribution >= 4 is 30.7 Å². The summed E-state index contributed by atoms with van der Waals surface area (Å²) in [6, 6.07) is 10.4. The molecule has 2 N–H and O–H groups in total. The van der Waals surface area contributed by atoms with Gasteiger partial charge in [0.1, 0.15) is 6.10 Å². The molecule has 142 valence electrons. The quantitative estimate of drug-likeness (QED) is 0.854. The molecule has 1 unspecified atom stereocenters. The molecule has 2 fully saturated rings. The van der Waals surface area contributed by atoms with E-state index in [1.54, 1.807) is 0 Å². The summed E-state index contributed by atoms with van der Waals surface area (Å²) >= 11 is 0. The van der Waals surface area contributed by atoms with Gasteiger partial charge in [-0.05, 0) is 30.9 Å². The molecule has 25 heavy (non-hydrogen) atoms. The van der Waals surface area contributed by atoms with Crippen molar-refractivity contribution < 1.29 is 9.53 Å². The first-order valence-corrected chi connectivity index (χ1v) is 8.63. The van der Waals surface area contributed by atoms with Crippen LogP contribution in [0.15, 0.2) is 30.3 Å². The first kappa shape index (κ1) is 22.2. The van der Waals surface area contributed by atoms with Crippen LogP contribution in [0.5, 0.6) is 0 Å². The molecule has 0 aliphatic carbocycles. The number of rotatable bonds is 4. The molecule has 1 aromatic rings. The standard InChI is InChI=1S/C18H27N3O2.2ClH/c19-12-15-6-8-21(9-7-15)18(22)17-14-20(10-11-23-17)13-16-4-2-1-3-5-16;;/h1-5,15,17H,6-14,19H2;2*1H. The summed E-state index contributed by atoms with van der Waals surface area (Å²) in [5.74, 6) is 0.721. The van der Waals surface area contributed by atoms with E-state index in [-0.39, 0.29) is 36.8 Å². The lowest BCUT2D eigenvalue weighted by Gasteiger charge is -2.37. The Bertz CT molecular complexity index is 510. The number of piperidine rings is 1. The fourth-order valence-electron chi connectivity index (χ4n) is 3.43. The fourth-order valence-corrected chi connectivity index (χ4v) is 3.43. The molecule has 7 heteroatoms. The summed E-state index contributed by atoms with van der Waals surface area (Å²) in [4.78, 5) is 17.0. The molecule has 2 aliphatic heterocycles. The van der Waals surface area contributed by atoms with Crippen molar-refractivity contribution in [2.24, 2.45) is 11.7 Å². The van der Waals surface area contributed by atoms with Gasteiger partial charge in [0, 0.05) is 32.7 Å². The van der Waals surface area contributed by atoms with Crippen molar-refractivity contribution in [3.63, 3.8) is 0 Å². The molecule has 5 nitrogen and oxygen atoms in total. The molecule has 0 saturated carbocycles. The van der Waals surface area contributed by atoms with Gasteiger partial charge in [0.15, 0.2) is 0 Å². The maximum atomic E-state index is 12.7. The summed E-state index contributed by atoms with van der Waals surface area (Å²) in [7, 11) is 0. The van der Waals surface area contributed by atoms with Gasteiger partial charge in [-0.1, -0.05) is 30.3 Å². The highest BCUT2D eigenvalue weighted by Crippen LogP contribution is 2.19. The van der Waals surface area contributed by atoms with Gasteiger partial charge >= 0.3 is 0 Å². The van der Waals surface area contributed by atoms with E-state index in [4.69, 9.17) is 10.5 Å². The van der Waals surface area contributed by atoms with Crippen LogP contribution in [-0.2, 0) is 16.1 Å². The Kier molecular flexibility index (Phi) is 9.75. The van der Waals surface area contributed by atoms with E-state index in [1.165, 1.54) is 5.56 Å². The zero-order chi connectivity index (χ0) is 16.1. The Hall–Kier alpha value is -0.850. The monoisotopic (exact) mass is 389 g/mol. The number of hydrogen-bond donors (Lipinski definition) is 1. The van der Waals surface area contributed by atoms with Gasteiger partial charge in [0.05, 0.1) is 6.61 Å². The van der Waals surface area contributed by atoms with Crippen LogP contribution in [0.2, 0.25) is 0 Å². The van der Waals surface area contributed by atoms with Gasteiger partial charge in [0.2, 0.25) is 0 Å². The highest BCUT2D eigenvalue weighted by Gasteiger charge is 2.32. The van der Waals surface area contributed by atoms with Crippen molar-refractivity contribution in [1.29, 1.82) is 0 Å². The van der Waals surface area contributed by atoms with Gasteiger partial charge in [-0.3, -0.25) is 9.69 Å². The van der Waals surface area contributed by atoms with E-state index < -0.39 is 0 Å². The minimum absolute atomic E-state index is 0. The number of carbonyl (C=O) groups is 1. The molecule has 0 radical (unpaired) electrons. The number of likely N-dealkylation sites (tertiary alicyclic amines) is 1. The summed E-state index contributed by atoms with van der Waals surface area (Å²) < 4.78 is 5.76. The minimum atomic E-state index is -0.318. The molecular weight excluding hydrogens is 361 g/mol. The average Bonchev–Trinajstić information content (AvgIpc) is 2.62. The third kappa shape index (κ3) is 6.12. The Morgan fingerprint density at radius 3 is 2.44 bits per heavy atom. The van der Waals surface area contributed by atoms with Crippen LogP contribution >= 0.6 is 24.8 Å². The molecular formula is C18H29Cl2N3O2. The number of amides is 1. The van der Waals surface area contributed by atoms with Crippen LogP contribution in [0, 0.1) is 5.92 Å². The number of nitrogens with two attached hydrogens (primary N) is 1. The van der Waals surface area contributed by atoms with Gasteiger partial charge in [0.25, 0.3) is 5.91 Å². The number of morpholine rings is 1. The molecule has 0 bridgehead atoms. The lowest BCUT2D eigenvalue weighted by Crippen LogP contribution is -2.52. The fraction of sp³-hybridized carbons (Fsp3) is 0.611. The van der Waals surface area contributed by atoms with Crippen molar-refractivity contribution in [2.45, 2.75) is 25.5 Å². The number of halogens is 2. The van der Waals surface area contributed by atoms with E-state index in [2.05, 4.69) is 29.2 Å². The van der Waals surface area contributed by atoms with E-state index in [0.29, 0.717) is 19.1 Å². The Labute approximate surface area is 162 Å². The van der Waals surface area contributed by atoms with E-state index in [0.717, 1.165) is 45.6 Å². The average molecular weight is 390 g/mol. The molecule has 3 rings (SSSR count).